The molecule has 0 bridgehead atoms. The molecule has 2 N–H and O–H groups in total. The van der Waals surface area contributed by atoms with Gasteiger partial charge in [0.25, 0.3) is 17.7 Å². The number of hydrogen-bond acceptors (Lipinski definition) is 9. The third-order valence-electron chi connectivity index (χ3n) is 12.7. The molecular formula is C43H45ClN6O6. The third kappa shape index (κ3) is 6.40. The number of carbonyl (C=O) groups excluding carboxylic acids is 5. The van der Waals surface area contributed by atoms with E-state index in [-0.39, 0.29) is 41.7 Å². The summed E-state index contributed by atoms with van der Waals surface area (Å²) in [6.07, 6.45) is 2.73. The van der Waals surface area contributed by atoms with E-state index in [0.717, 1.165) is 60.6 Å². The van der Waals surface area contributed by atoms with Crippen molar-refractivity contribution in [1.29, 1.82) is 5.26 Å². The van der Waals surface area contributed by atoms with E-state index in [2.05, 4.69) is 54.2 Å². The number of rotatable bonds is 7. The zero-order valence-corrected chi connectivity index (χ0v) is 32.7. The van der Waals surface area contributed by atoms with Crippen LogP contribution < -0.4 is 20.3 Å². The molecule has 3 fully saturated rings. The van der Waals surface area contributed by atoms with Crippen molar-refractivity contribution >= 4 is 46.8 Å². The van der Waals surface area contributed by atoms with Crippen LogP contribution in [0.1, 0.15) is 101 Å². The van der Waals surface area contributed by atoms with Gasteiger partial charge in [0.2, 0.25) is 11.8 Å². The molecule has 3 aromatic carbocycles. The Morgan fingerprint density at radius 1 is 0.875 bits per heavy atom. The van der Waals surface area contributed by atoms with Crippen LogP contribution in [0, 0.1) is 22.2 Å². The molecule has 0 spiro atoms. The van der Waals surface area contributed by atoms with Gasteiger partial charge in [0.15, 0.2) is 0 Å². The Hall–Kier alpha value is -5.25. The quantitative estimate of drug-likeness (QED) is 0.307. The van der Waals surface area contributed by atoms with Crippen LogP contribution in [0.2, 0.25) is 5.02 Å². The smallest absolute Gasteiger partial charge is 0.262 e. The normalized spacial score (nSPS) is 24.5. The van der Waals surface area contributed by atoms with Gasteiger partial charge in [-0.15, -0.1) is 0 Å². The van der Waals surface area contributed by atoms with Gasteiger partial charge in [0, 0.05) is 72.8 Å². The molecule has 5 aliphatic rings. The first-order chi connectivity index (χ1) is 26.7. The summed E-state index contributed by atoms with van der Waals surface area (Å²) in [6.45, 7) is 11.6. The second-order valence-electron chi connectivity index (χ2n) is 16.9. The highest BCUT2D eigenvalue weighted by Crippen LogP contribution is 2.55. The van der Waals surface area contributed by atoms with Gasteiger partial charge in [-0.05, 0) is 85.3 Å². The molecule has 13 heteroatoms. The van der Waals surface area contributed by atoms with Crippen molar-refractivity contribution in [1.82, 2.24) is 20.4 Å². The van der Waals surface area contributed by atoms with E-state index in [1.54, 1.807) is 18.2 Å². The molecule has 4 aliphatic heterocycles. The Labute approximate surface area is 331 Å². The highest BCUT2D eigenvalue weighted by atomic mass is 35.5. The highest BCUT2D eigenvalue weighted by molar-refractivity contribution is 6.31. The number of hydrogen-bond donors (Lipinski definition) is 2. The number of anilines is 1. The van der Waals surface area contributed by atoms with E-state index in [1.807, 2.05) is 36.4 Å². The number of nitrogens with one attached hydrogen (secondary N) is 2. The number of nitriles is 1. The fraction of sp³-hybridized carbons (Fsp3) is 0.442. The summed E-state index contributed by atoms with van der Waals surface area (Å²) in [7, 11) is 0. The van der Waals surface area contributed by atoms with Crippen molar-refractivity contribution in [3.8, 4) is 11.8 Å². The maximum absolute atomic E-state index is 13.5. The van der Waals surface area contributed by atoms with Crippen molar-refractivity contribution in [3.05, 3.63) is 93.0 Å². The Morgan fingerprint density at radius 3 is 2.16 bits per heavy atom. The lowest BCUT2D eigenvalue weighted by Gasteiger charge is -2.63. The van der Waals surface area contributed by atoms with Gasteiger partial charge in [-0.3, -0.25) is 39.1 Å². The summed E-state index contributed by atoms with van der Waals surface area (Å²) < 4.78 is 6.38. The SMILES string of the molecule is CC1(C)[C@H](NC(=O)c2ccc(N3CCC(N4CCc5cc6c(cc5C4)C(=O)N(C4CCC(=O)NC4=O)C6=O)CC3)cc2)C(C)(C)[C@H]1Oc1ccc(C#N)c(Cl)c1. The van der Waals surface area contributed by atoms with Crippen LogP contribution in [0.5, 0.6) is 5.75 Å². The largest absolute Gasteiger partial charge is 0.489 e. The van der Waals surface area contributed by atoms with Crippen LogP contribution in [0.4, 0.5) is 5.69 Å². The second kappa shape index (κ2) is 14.0. The monoisotopic (exact) mass is 776 g/mol. The van der Waals surface area contributed by atoms with Crippen LogP contribution in [-0.4, -0.2) is 83.2 Å². The second-order valence-corrected chi connectivity index (χ2v) is 17.3. The van der Waals surface area contributed by atoms with Crippen molar-refractivity contribution < 1.29 is 28.7 Å². The van der Waals surface area contributed by atoms with Gasteiger partial charge in [0.1, 0.15) is 24.0 Å². The topological polar surface area (TPSA) is 152 Å². The molecule has 2 saturated heterocycles. The van der Waals surface area contributed by atoms with Crippen LogP contribution >= 0.6 is 11.6 Å². The average Bonchev–Trinajstić information content (AvgIpc) is 3.42. The van der Waals surface area contributed by atoms with Crippen molar-refractivity contribution in [2.75, 3.05) is 24.5 Å². The lowest BCUT2D eigenvalue weighted by molar-refractivity contribution is -0.164. The first-order valence-electron chi connectivity index (χ1n) is 19.3. The molecule has 1 saturated carbocycles. The maximum Gasteiger partial charge on any atom is 0.262 e. The molecule has 0 radical (unpaired) electrons. The van der Waals surface area contributed by atoms with Gasteiger partial charge in [0.05, 0.1) is 21.7 Å². The zero-order chi connectivity index (χ0) is 39.7. The van der Waals surface area contributed by atoms with Crippen LogP contribution in [0.15, 0.2) is 54.6 Å². The summed E-state index contributed by atoms with van der Waals surface area (Å²) in [4.78, 5) is 70.3. The summed E-state index contributed by atoms with van der Waals surface area (Å²) >= 11 is 6.25. The van der Waals surface area contributed by atoms with Crippen molar-refractivity contribution in [2.24, 2.45) is 10.8 Å². The number of fused-ring (bicyclic) bond motifs is 2. The minimum absolute atomic E-state index is 0.0898. The van der Waals surface area contributed by atoms with Gasteiger partial charge >= 0.3 is 0 Å². The predicted molar refractivity (Wildman–Crippen MR) is 208 cm³/mol. The fourth-order valence-electron chi connectivity index (χ4n) is 9.98. The van der Waals surface area contributed by atoms with E-state index in [0.29, 0.717) is 45.6 Å². The number of carbonyl (C=O) groups is 5. The van der Waals surface area contributed by atoms with Crippen LogP contribution in [0.3, 0.4) is 0 Å². The Kier molecular flexibility index (Phi) is 9.45. The molecule has 1 aliphatic carbocycles. The molecule has 0 aromatic heterocycles. The van der Waals surface area contributed by atoms with Crippen LogP contribution in [-0.2, 0) is 22.6 Å². The number of halogens is 1. The molecule has 1 atom stereocenters. The molecule has 56 heavy (non-hydrogen) atoms. The number of nitrogens with zero attached hydrogens (tertiary/aromatic N) is 4. The van der Waals surface area contributed by atoms with Gasteiger partial charge in [-0.1, -0.05) is 39.3 Å². The van der Waals surface area contributed by atoms with Gasteiger partial charge in [-0.2, -0.15) is 5.26 Å². The minimum Gasteiger partial charge on any atom is -0.489 e. The molecule has 290 valence electrons. The van der Waals surface area contributed by atoms with E-state index in [4.69, 9.17) is 16.3 Å². The first-order valence-corrected chi connectivity index (χ1v) is 19.7. The van der Waals surface area contributed by atoms with Gasteiger partial charge in [-0.25, -0.2) is 0 Å². The van der Waals surface area contributed by atoms with Gasteiger partial charge < -0.3 is 15.0 Å². The molecule has 12 nitrogen and oxygen atoms in total. The fourth-order valence-corrected chi connectivity index (χ4v) is 10.2. The molecule has 3 aromatic rings. The van der Waals surface area contributed by atoms with E-state index < -0.39 is 29.7 Å². The number of benzene rings is 3. The number of amides is 5. The summed E-state index contributed by atoms with van der Waals surface area (Å²) in [5, 5.41) is 15.1. The molecular weight excluding hydrogens is 732 g/mol. The summed E-state index contributed by atoms with van der Waals surface area (Å²) in [5.74, 6) is -1.48. The Bertz CT molecular complexity index is 2190. The lowest BCUT2D eigenvalue weighted by Crippen LogP contribution is -2.74. The van der Waals surface area contributed by atoms with E-state index in [9.17, 15) is 29.2 Å². The standard InChI is InChI=1S/C43H45ClN6O6/c1-42(2)40(43(3,4)41(42)56-30-10-7-26(22-45)33(44)21-30)47-36(52)24-5-8-28(9-6-24)48-17-14-29(15-18-48)49-16-13-25-19-31-32(20-27(25)23-49)39(55)50(38(31)54)34-11-12-35(51)46-37(34)53/h5-10,19-21,29,34,40-41H,11-18,23H2,1-4H3,(H,47,52)(H,46,51,53)/t34?,40-,41-. The average molecular weight is 777 g/mol. The number of ether oxygens (including phenoxy) is 1. The molecule has 5 amide bonds. The summed E-state index contributed by atoms with van der Waals surface area (Å²) in [6, 6.07) is 17.8. The zero-order valence-electron chi connectivity index (χ0n) is 32.0. The van der Waals surface area contributed by atoms with Crippen molar-refractivity contribution in [3.63, 3.8) is 0 Å². The van der Waals surface area contributed by atoms with Crippen LogP contribution in [0.25, 0.3) is 0 Å². The molecule has 4 heterocycles. The first kappa shape index (κ1) is 37.7. The Balaban J connectivity index is 0.853. The van der Waals surface area contributed by atoms with Crippen molar-refractivity contribution in [2.45, 2.75) is 90.6 Å². The van der Waals surface area contributed by atoms with E-state index in [1.165, 1.54) is 0 Å². The lowest BCUT2D eigenvalue weighted by atomic mass is 9.49. The Morgan fingerprint density at radius 2 is 1.54 bits per heavy atom. The molecule has 1 unspecified atom stereocenters. The predicted octanol–water partition coefficient (Wildman–Crippen LogP) is 5.25. The summed E-state index contributed by atoms with van der Waals surface area (Å²) in [5.41, 5.74) is 4.08. The highest BCUT2D eigenvalue weighted by Gasteiger charge is 2.64. The number of imide groups is 2. The minimum atomic E-state index is -0.975. The third-order valence-corrected chi connectivity index (χ3v) is 13.0. The maximum atomic E-state index is 13.5. The number of piperidine rings is 2. The van der Waals surface area contributed by atoms with E-state index >= 15 is 0 Å². The molecule has 8 rings (SSSR count).